The quantitative estimate of drug-likeness (QED) is 0.446. The van der Waals surface area contributed by atoms with Crippen molar-refractivity contribution in [2.24, 2.45) is 0 Å². The van der Waals surface area contributed by atoms with Gasteiger partial charge in [0.2, 0.25) is 10.0 Å². The normalized spacial score (nSPS) is 14.6. The highest BCUT2D eigenvalue weighted by Gasteiger charge is 2.43. The van der Waals surface area contributed by atoms with Gasteiger partial charge in [0.15, 0.2) is 0 Å². The van der Waals surface area contributed by atoms with Gasteiger partial charge in [-0.05, 0) is 37.5 Å². The first-order chi connectivity index (χ1) is 15.6. The molecule has 2 N–H and O–H groups in total. The molecule has 1 aliphatic carbocycles. The van der Waals surface area contributed by atoms with Gasteiger partial charge < -0.3 is 4.98 Å². The molecule has 0 atom stereocenters. The molecular weight excluding hydrogens is 467 g/mol. The molecule has 4 rings (SSSR count). The highest BCUT2D eigenvalue weighted by atomic mass is 35.5. The Morgan fingerprint density at radius 1 is 1.33 bits per heavy atom. The van der Waals surface area contributed by atoms with E-state index < -0.39 is 15.8 Å². The molecule has 3 aromatic rings. The second-order valence-corrected chi connectivity index (χ2v) is 10.6. The van der Waals surface area contributed by atoms with E-state index in [0.29, 0.717) is 42.2 Å². The van der Waals surface area contributed by atoms with Crippen molar-refractivity contribution in [3.05, 3.63) is 46.9 Å². The molecule has 33 heavy (non-hydrogen) atoms. The second-order valence-electron chi connectivity index (χ2n) is 8.43. The van der Waals surface area contributed by atoms with Crippen LogP contribution in [0, 0.1) is 17.1 Å². The van der Waals surface area contributed by atoms with Gasteiger partial charge in [-0.15, -0.1) is 0 Å². The third-order valence-electron chi connectivity index (χ3n) is 5.51. The standard InChI is InChI=1S/C22H22ClFN6O2S/c1-22(7-8-22)21-28-19(14-11-13(24)12-16(18(14)23)30-33(2,31)32)20(29-21)15-6-10-26-17(27-15)5-3-4-9-25/h6,10-12,30H,3-5,7-8H2,1-2H3,(H,28,29). The van der Waals surface area contributed by atoms with E-state index in [4.69, 9.17) is 21.8 Å². The molecule has 8 nitrogen and oxygen atoms in total. The number of halogens is 2. The van der Waals surface area contributed by atoms with Crippen LogP contribution in [0.5, 0.6) is 0 Å². The predicted molar refractivity (Wildman–Crippen MR) is 124 cm³/mol. The number of sulfonamides is 1. The number of aryl methyl sites for hydroxylation is 1. The Kier molecular flexibility index (Phi) is 6.12. The molecule has 0 aliphatic heterocycles. The molecule has 0 spiro atoms. The number of aromatic amines is 1. The lowest BCUT2D eigenvalue weighted by molar-refractivity contribution is 0.606. The van der Waals surface area contributed by atoms with Crippen molar-refractivity contribution in [2.75, 3.05) is 11.0 Å². The van der Waals surface area contributed by atoms with Gasteiger partial charge in [-0.1, -0.05) is 18.5 Å². The summed E-state index contributed by atoms with van der Waals surface area (Å²) in [6.45, 7) is 2.08. The number of benzene rings is 1. The van der Waals surface area contributed by atoms with Crippen molar-refractivity contribution < 1.29 is 12.8 Å². The van der Waals surface area contributed by atoms with Crippen LogP contribution < -0.4 is 4.72 Å². The minimum absolute atomic E-state index is 0.0328. The van der Waals surface area contributed by atoms with E-state index in [1.807, 2.05) is 0 Å². The predicted octanol–water partition coefficient (Wildman–Crippen LogP) is 4.60. The maximum atomic E-state index is 14.5. The lowest BCUT2D eigenvalue weighted by atomic mass is 10.1. The van der Waals surface area contributed by atoms with E-state index in [1.54, 1.807) is 12.3 Å². The summed E-state index contributed by atoms with van der Waals surface area (Å²) >= 11 is 6.52. The van der Waals surface area contributed by atoms with Crippen molar-refractivity contribution in [1.82, 2.24) is 19.9 Å². The van der Waals surface area contributed by atoms with Crippen molar-refractivity contribution >= 4 is 27.3 Å². The Morgan fingerprint density at radius 3 is 2.76 bits per heavy atom. The molecule has 172 valence electrons. The Balaban J connectivity index is 1.85. The minimum atomic E-state index is -3.68. The van der Waals surface area contributed by atoms with Crippen molar-refractivity contribution in [2.45, 2.75) is 44.4 Å². The van der Waals surface area contributed by atoms with Crippen LogP contribution in [0.2, 0.25) is 5.02 Å². The maximum absolute atomic E-state index is 14.5. The first kappa shape index (κ1) is 23.1. The van der Waals surface area contributed by atoms with Crippen LogP contribution in [-0.4, -0.2) is 34.6 Å². The van der Waals surface area contributed by atoms with Gasteiger partial charge in [0.25, 0.3) is 0 Å². The zero-order chi connectivity index (χ0) is 23.8. The number of anilines is 1. The van der Waals surface area contributed by atoms with Crippen LogP contribution in [0.4, 0.5) is 10.1 Å². The topological polar surface area (TPSA) is 124 Å². The number of hydrogen-bond donors (Lipinski definition) is 2. The summed E-state index contributed by atoms with van der Waals surface area (Å²) in [4.78, 5) is 17.0. The Labute approximate surface area is 196 Å². The van der Waals surface area contributed by atoms with Gasteiger partial charge in [0, 0.05) is 30.0 Å². The number of unbranched alkanes of at least 4 members (excludes halogenated alkanes) is 1. The molecular formula is C22H22ClFN6O2S. The number of H-pyrrole nitrogens is 1. The summed E-state index contributed by atoms with van der Waals surface area (Å²) in [5.74, 6) is 0.649. The fraction of sp³-hybridized carbons (Fsp3) is 0.364. The maximum Gasteiger partial charge on any atom is 0.229 e. The molecule has 1 fully saturated rings. The third-order valence-corrected chi connectivity index (χ3v) is 6.51. The summed E-state index contributed by atoms with van der Waals surface area (Å²) < 4.78 is 40.2. The van der Waals surface area contributed by atoms with Gasteiger partial charge in [-0.25, -0.2) is 27.8 Å². The smallest absolute Gasteiger partial charge is 0.229 e. The lowest BCUT2D eigenvalue weighted by Gasteiger charge is -2.11. The van der Waals surface area contributed by atoms with Crippen LogP contribution in [0.1, 0.15) is 44.3 Å². The first-order valence-corrected chi connectivity index (χ1v) is 12.6. The molecule has 2 heterocycles. The Morgan fingerprint density at radius 2 is 2.09 bits per heavy atom. The molecule has 1 aliphatic rings. The molecule has 0 radical (unpaired) electrons. The van der Waals surface area contributed by atoms with Crippen LogP contribution in [0.3, 0.4) is 0 Å². The van der Waals surface area contributed by atoms with Crippen LogP contribution in [-0.2, 0) is 21.9 Å². The number of nitrogens with one attached hydrogen (secondary N) is 2. The van der Waals surface area contributed by atoms with Crippen LogP contribution >= 0.6 is 11.6 Å². The monoisotopic (exact) mass is 488 g/mol. The molecule has 11 heteroatoms. The molecule has 0 amide bonds. The number of hydrogen-bond acceptors (Lipinski definition) is 6. The van der Waals surface area contributed by atoms with Crippen molar-refractivity contribution in [1.29, 1.82) is 5.26 Å². The van der Waals surface area contributed by atoms with Crippen LogP contribution in [0.15, 0.2) is 24.4 Å². The Hall–Kier alpha value is -3.03. The zero-order valence-electron chi connectivity index (χ0n) is 18.1. The van der Waals surface area contributed by atoms with E-state index in [-0.39, 0.29) is 21.7 Å². The van der Waals surface area contributed by atoms with Crippen molar-refractivity contribution in [3.8, 4) is 28.7 Å². The molecule has 0 unspecified atom stereocenters. The second kappa shape index (κ2) is 8.72. The summed E-state index contributed by atoms with van der Waals surface area (Å²) in [6, 6.07) is 6.07. The van der Waals surface area contributed by atoms with Crippen LogP contribution in [0.25, 0.3) is 22.6 Å². The number of aromatic nitrogens is 4. The van der Waals surface area contributed by atoms with Crippen molar-refractivity contribution in [3.63, 3.8) is 0 Å². The highest BCUT2D eigenvalue weighted by molar-refractivity contribution is 7.92. The van der Waals surface area contributed by atoms with E-state index >= 15 is 0 Å². The number of rotatable bonds is 8. The molecule has 1 aromatic carbocycles. The molecule has 2 aromatic heterocycles. The van der Waals surface area contributed by atoms with E-state index in [9.17, 15) is 12.8 Å². The zero-order valence-corrected chi connectivity index (χ0v) is 19.7. The highest BCUT2D eigenvalue weighted by Crippen LogP contribution is 2.48. The average Bonchev–Trinajstić information content (AvgIpc) is 3.33. The summed E-state index contributed by atoms with van der Waals surface area (Å²) in [5, 5.41) is 8.81. The molecule has 0 bridgehead atoms. The van der Waals surface area contributed by atoms with Gasteiger partial charge in [0.1, 0.15) is 17.5 Å². The number of nitriles is 1. The summed E-state index contributed by atoms with van der Waals surface area (Å²) in [5.41, 5.74) is 1.52. The fourth-order valence-electron chi connectivity index (χ4n) is 3.48. The molecule has 1 saturated carbocycles. The summed E-state index contributed by atoms with van der Waals surface area (Å²) in [7, 11) is -3.68. The molecule has 0 saturated heterocycles. The Bertz CT molecular complexity index is 1360. The van der Waals surface area contributed by atoms with Gasteiger partial charge in [-0.3, -0.25) is 4.72 Å². The minimum Gasteiger partial charge on any atom is -0.340 e. The lowest BCUT2D eigenvalue weighted by Crippen LogP contribution is -2.10. The largest absolute Gasteiger partial charge is 0.340 e. The van der Waals surface area contributed by atoms with E-state index in [1.165, 1.54) is 6.07 Å². The average molecular weight is 489 g/mol. The third kappa shape index (κ3) is 5.15. The summed E-state index contributed by atoms with van der Waals surface area (Å²) in [6.07, 6.45) is 6.08. The van der Waals surface area contributed by atoms with E-state index in [2.05, 4.69) is 32.7 Å². The SMILES string of the molecule is CC1(c2nc(-c3cc(F)cc(NS(C)(=O)=O)c3Cl)c(-c3ccnc(CCCC#N)n3)[nH]2)CC1. The van der Waals surface area contributed by atoms with E-state index in [0.717, 1.165) is 31.0 Å². The number of imidazole rings is 1. The van der Waals surface area contributed by atoms with Gasteiger partial charge in [-0.2, -0.15) is 5.26 Å². The van der Waals surface area contributed by atoms with Gasteiger partial charge in [0.05, 0.1) is 40.1 Å². The number of nitrogens with zero attached hydrogens (tertiary/aromatic N) is 4. The van der Waals surface area contributed by atoms with Gasteiger partial charge >= 0.3 is 0 Å². The first-order valence-electron chi connectivity index (χ1n) is 10.4. The fourth-order valence-corrected chi connectivity index (χ4v) is 4.35.